The predicted molar refractivity (Wildman–Crippen MR) is 48.1 cm³/mol. The van der Waals surface area contributed by atoms with Gasteiger partial charge in [0.2, 0.25) is 5.79 Å². The molecule has 0 aromatic rings. The third kappa shape index (κ3) is 3.01. The lowest BCUT2D eigenvalue weighted by Crippen LogP contribution is -2.66. The molecular weight excluding hydrogens is 263 g/mol. The number of phosphoric acid groups is 1. The van der Waals surface area contributed by atoms with Crippen LogP contribution >= 0.6 is 7.82 Å². The summed E-state index contributed by atoms with van der Waals surface area (Å²) in [4.78, 5) is 17.2. The first-order chi connectivity index (χ1) is 7.63. The Morgan fingerprint density at radius 2 is 1.71 bits per heavy atom. The van der Waals surface area contributed by atoms with Crippen LogP contribution in [-0.4, -0.2) is 72.3 Å². The number of phosphoric ester groups is 1. The molecule has 1 aliphatic rings. The second-order valence-corrected chi connectivity index (χ2v) is 4.65. The van der Waals surface area contributed by atoms with E-state index in [1.807, 2.05) is 0 Å². The van der Waals surface area contributed by atoms with Crippen molar-refractivity contribution >= 4 is 7.82 Å². The van der Waals surface area contributed by atoms with Crippen LogP contribution in [0.2, 0.25) is 0 Å². The average molecular weight is 276 g/mol. The molecular formula is C6H13O10P. The van der Waals surface area contributed by atoms with Crippen LogP contribution in [0.3, 0.4) is 0 Å². The molecule has 0 aliphatic carbocycles. The van der Waals surface area contributed by atoms with E-state index in [4.69, 9.17) is 25.1 Å². The summed E-state index contributed by atoms with van der Waals surface area (Å²) in [5.74, 6) is -2.73. The van der Waals surface area contributed by atoms with Crippen LogP contribution in [0, 0.1) is 0 Å². The van der Waals surface area contributed by atoms with Gasteiger partial charge in [-0.15, -0.1) is 0 Å². The third-order valence-corrected chi connectivity index (χ3v) is 2.78. The van der Waals surface area contributed by atoms with Crippen molar-refractivity contribution in [2.24, 2.45) is 0 Å². The highest BCUT2D eigenvalue weighted by atomic mass is 31.2. The van der Waals surface area contributed by atoms with Crippen LogP contribution in [0.5, 0.6) is 0 Å². The van der Waals surface area contributed by atoms with Crippen molar-refractivity contribution in [3.63, 3.8) is 0 Å². The quantitative estimate of drug-likeness (QED) is 0.253. The first kappa shape index (κ1) is 14.9. The molecule has 0 aromatic heterocycles. The molecule has 0 unspecified atom stereocenters. The highest BCUT2D eigenvalue weighted by molar-refractivity contribution is 7.46. The Labute approximate surface area is 94.9 Å². The maximum atomic E-state index is 10.6. The predicted octanol–water partition coefficient (Wildman–Crippen LogP) is -3.78. The monoisotopic (exact) mass is 276 g/mol. The number of aliphatic hydroxyl groups excluding tert-OH is 5. The molecule has 0 aromatic carbocycles. The van der Waals surface area contributed by atoms with Gasteiger partial charge in [0.1, 0.15) is 24.9 Å². The van der Waals surface area contributed by atoms with Crippen LogP contribution in [0.15, 0.2) is 0 Å². The van der Waals surface area contributed by atoms with Gasteiger partial charge in [-0.3, -0.25) is 0 Å². The van der Waals surface area contributed by atoms with Gasteiger partial charge in [0.25, 0.3) is 0 Å². The molecule has 1 saturated heterocycles. The molecule has 5 atom stereocenters. The highest BCUT2D eigenvalue weighted by Gasteiger charge is 2.56. The lowest BCUT2D eigenvalue weighted by molar-refractivity contribution is -0.382. The molecule has 1 aliphatic heterocycles. The maximum Gasteiger partial charge on any atom is 0.472 e. The van der Waals surface area contributed by atoms with Gasteiger partial charge in [-0.05, 0) is 0 Å². The number of ether oxygens (including phenoxy) is 1. The normalized spacial score (nSPS) is 43.7. The van der Waals surface area contributed by atoms with Gasteiger partial charge >= 0.3 is 7.82 Å². The molecule has 7 N–H and O–H groups in total. The highest BCUT2D eigenvalue weighted by Crippen LogP contribution is 2.45. The minimum absolute atomic E-state index is 1.26. The summed E-state index contributed by atoms with van der Waals surface area (Å²) < 4.78 is 19.1. The van der Waals surface area contributed by atoms with Crippen molar-refractivity contribution in [2.45, 2.75) is 30.4 Å². The molecule has 17 heavy (non-hydrogen) atoms. The molecule has 0 spiro atoms. The fourth-order valence-electron chi connectivity index (χ4n) is 1.40. The lowest BCUT2D eigenvalue weighted by atomic mass is 9.96. The van der Waals surface area contributed by atoms with Gasteiger partial charge in [0, 0.05) is 0 Å². The minimum atomic E-state index is -5.18. The van der Waals surface area contributed by atoms with E-state index in [-0.39, 0.29) is 0 Å². The first-order valence-electron chi connectivity index (χ1n) is 4.40. The molecule has 102 valence electrons. The average Bonchev–Trinajstić information content (AvgIpc) is 2.21. The standard InChI is InChI=1S/C6H13O10P/c7-1-6(16-17(12,13)14)4(10)2(8)3(9)5(11)15-6/h2-5,7-11H,1H2,(H2,12,13,14)/t2-,3+,4-,5-,6+/m0/s1. The van der Waals surface area contributed by atoms with Crippen LogP contribution < -0.4 is 0 Å². The Balaban J connectivity index is 3.02. The van der Waals surface area contributed by atoms with Gasteiger partial charge < -0.3 is 40.1 Å². The van der Waals surface area contributed by atoms with Crippen molar-refractivity contribution in [1.29, 1.82) is 0 Å². The van der Waals surface area contributed by atoms with Gasteiger partial charge in [-0.2, -0.15) is 0 Å². The van der Waals surface area contributed by atoms with E-state index < -0.39 is 44.8 Å². The van der Waals surface area contributed by atoms with Crippen LogP contribution in [0.1, 0.15) is 0 Å². The van der Waals surface area contributed by atoms with Crippen molar-refractivity contribution in [3.05, 3.63) is 0 Å². The smallest absolute Gasteiger partial charge is 0.391 e. The molecule has 0 bridgehead atoms. The molecule has 1 fully saturated rings. The van der Waals surface area contributed by atoms with Gasteiger partial charge in [0.05, 0.1) is 0 Å². The molecule has 0 amide bonds. The van der Waals surface area contributed by atoms with E-state index in [9.17, 15) is 14.8 Å². The summed E-state index contributed by atoms with van der Waals surface area (Å²) in [5, 5.41) is 46.0. The van der Waals surface area contributed by atoms with Crippen LogP contribution in [0.25, 0.3) is 0 Å². The van der Waals surface area contributed by atoms with E-state index in [1.54, 1.807) is 0 Å². The van der Waals surface area contributed by atoms with Crippen molar-refractivity contribution < 1.29 is 49.1 Å². The zero-order chi connectivity index (χ0) is 13.4. The number of hydrogen-bond acceptors (Lipinski definition) is 8. The zero-order valence-electron chi connectivity index (χ0n) is 8.32. The SMILES string of the molecule is O=P(O)(O)O[C@@]1(CO)O[C@H](O)[C@H](O)[C@H](O)[C@@H]1O. The number of rotatable bonds is 3. The summed E-state index contributed by atoms with van der Waals surface area (Å²) in [7, 11) is -5.18. The zero-order valence-corrected chi connectivity index (χ0v) is 9.21. The summed E-state index contributed by atoms with van der Waals surface area (Å²) in [6, 6.07) is 0. The van der Waals surface area contributed by atoms with E-state index >= 15 is 0 Å². The number of hydrogen-bond donors (Lipinski definition) is 7. The largest absolute Gasteiger partial charge is 0.472 e. The molecule has 11 heteroatoms. The molecule has 1 heterocycles. The van der Waals surface area contributed by atoms with Gasteiger partial charge in [-0.1, -0.05) is 0 Å². The second kappa shape index (κ2) is 4.86. The Bertz CT molecular complexity index is 316. The van der Waals surface area contributed by atoms with E-state index in [2.05, 4.69) is 9.26 Å². The van der Waals surface area contributed by atoms with Crippen molar-refractivity contribution in [1.82, 2.24) is 0 Å². The van der Waals surface area contributed by atoms with Crippen LogP contribution in [-0.2, 0) is 13.8 Å². The first-order valence-corrected chi connectivity index (χ1v) is 5.93. The van der Waals surface area contributed by atoms with Crippen molar-refractivity contribution in [2.75, 3.05) is 6.61 Å². The molecule has 1 rings (SSSR count). The fourth-order valence-corrected chi connectivity index (χ4v) is 2.01. The maximum absolute atomic E-state index is 10.6. The Kier molecular flexibility index (Phi) is 4.27. The third-order valence-electron chi connectivity index (χ3n) is 2.23. The molecule has 0 radical (unpaired) electrons. The molecule has 0 saturated carbocycles. The Hall–Kier alpha value is -0.130. The summed E-state index contributed by atoms with van der Waals surface area (Å²) in [6.45, 7) is -1.26. The Morgan fingerprint density at radius 3 is 2.12 bits per heavy atom. The molecule has 10 nitrogen and oxygen atoms in total. The van der Waals surface area contributed by atoms with Gasteiger partial charge in [-0.25, -0.2) is 9.09 Å². The van der Waals surface area contributed by atoms with Gasteiger partial charge in [0.15, 0.2) is 6.29 Å². The van der Waals surface area contributed by atoms with E-state index in [0.29, 0.717) is 0 Å². The summed E-state index contributed by atoms with van der Waals surface area (Å²) in [6.07, 6.45) is -8.19. The minimum Gasteiger partial charge on any atom is -0.391 e. The topological polar surface area (TPSA) is 177 Å². The fraction of sp³-hybridized carbons (Fsp3) is 1.00. The second-order valence-electron chi connectivity index (χ2n) is 3.49. The van der Waals surface area contributed by atoms with E-state index in [0.717, 1.165) is 0 Å². The van der Waals surface area contributed by atoms with Crippen LogP contribution in [0.4, 0.5) is 0 Å². The van der Waals surface area contributed by atoms with E-state index in [1.165, 1.54) is 0 Å². The lowest BCUT2D eigenvalue weighted by Gasteiger charge is -2.45. The summed E-state index contributed by atoms with van der Waals surface area (Å²) >= 11 is 0. The summed E-state index contributed by atoms with van der Waals surface area (Å²) in [5.41, 5.74) is 0. The van der Waals surface area contributed by atoms with Crippen molar-refractivity contribution in [3.8, 4) is 0 Å². The Morgan fingerprint density at radius 1 is 1.18 bits per heavy atom. The number of aliphatic hydroxyl groups is 5.